The monoisotopic (exact) mass is 334 g/mol. The smallest absolute Gasteiger partial charge is 0.190 e. The lowest BCUT2D eigenvalue weighted by atomic mass is 10.2. The molecular formula is C16H26N6S. The number of aryl methyl sites for hydroxylation is 1. The Kier molecular flexibility index (Phi) is 7.06. The van der Waals surface area contributed by atoms with Crippen LogP contribution in [-0.2, 0) is 13.0 Å². The van der Waals surface area contributed by atoms with Gasteiger partial charge in [0.2, 0.25) is 0 Å². The Balaban J connectivity index is 1.62. The van der Waals surface area contributed by atoms with Crippen LogP contribution in [0.4, 0.5) is 0 Å². The molecule has 23 heavy (non-hydrogen) atoms. The highest BCUT2D eigenvalue weighted by molar-refractivity contribution is 7.09. The van der Waals surface area contributed by atoms with Gasteiger partial charge in [0.25, 0.3) is 0 Å². The predicted molar refractivity (Wildman–Crippen MR) is 96.1 cm³/mol. The molecule has 126 valence electrons. The van der Waals surface area contributed by atoms with E-state index in [-0.39, 0.29) is 0 Å². The van der Waals surface area contributed by atoms with E-state index in [1.807, 2.05) is 16.9 Å². The molecule has 0 unspecified atom stereocenters. The number of rotatable bonds is 8. The van der Waals surface area contributed by atoms with E-state index in [1.165, 1.54) is 5.01 Å². The third-order valence-corrected chi connectivity index (χ3v) is 4.57. The van der Waals surface area contributed by atoms with Crippen LogP contribution in [0.3, 0.4) is 0 Å². The SMILES string of the molecule is CN=C(NCCCn1cccn1)NCCc1csc(C(C)C)n1. The highest BCUT2D eigenvalue weighted by Crippen LogP contribution is 2.19. The molecular weight excluding hydrogens is 308 g/mol. The fourth-order valence-electron chi connectivity index (χ4n) is 2.11. The van der Waals surface area contributed by atoms with Crippen molar-refractivity contribution >= 4 is 17.3 Å². The molecule has 0 bridgehead atoms. The Hall–Kier alpha value is -1.89. The number of guanidine groups is 1. The summed E-state index contributed by atoms with van der Waals surface area (Å²) in [6.45, 7) is 6.97. The van der Waals surface area contributed by atoms with E-state index >= 15 is 0 Å². The number of hydrogen-bond acceptors (Lipinski definition) is 4. The number of aromatic nitrogens is 3. The van der Waals surface area contributed by atoms with E-state index in [1.54, 1.807) is 24.6 Å². The zero-order chi connectivity index (χ0) is 16.5. The maximum absolute atomic E-state index is 4.64. The third-order valence-electron chi connectivity index (χ3n) is 3.38. The highest BCUT2D eigenvalue weighted by Gasteiger charge is 2.05. The summed E-state index contributed by atoms with van der Waals surface area (Å²) in [4.78, 5) is 8.89. The highest BCUT2D eigenvalue weighted by atomic mass is 32.1. The molecule has 0 amide bonds. The van der Waals surface area contributed by atoms with Crippen molar-refractivity contribution in [3.8, 4) is 0 Å². The lowest BCUT2D eigenvalue weighted by molar-refractivity contribution is 0.570. The first kappa shape index (κ1) is 17.5. The van der Waals surface area contributed by atoms with Crippen LogP contribution in [0.25, 0.3) is 0 Å². The zero-order valence-corrected chi connectivity index (χ0v) is 14.9. The van der Waals surface area contributed by atoms with Gasteiger partial charge in [0.1, 0.15) is 0 Å². The van der Waals surface area contributed by atoms with E-state index in [9.17, 15) is 0 Å². The Morgan fingerprint density at radius 2 is 2.17 bits per heavy atom. The molecule has 2 rings (SSSR count). The summed E-state index contributed by atoms with van der Waals surface area (Å²) in [5.74, 6) is 1.34. The number of nitrogens with one attached hydrogen (secondary N) is 2. The van der Waals surface area contributed by atoms with E-state index in [0.717, 1.165) is 44.1 Å². The minimum atomic E-state index is 0.505. The van der Waals surface area contributed by atoms with Gasteiger partial charge in [-0.05, 0) is 12.5 Å². The van der Waals surface area contributed by atoms with Crippen LogP contribution in [0.15, 0.2) is 28.8 Å². The number of aliphatic imine (C=N–C) groups is 1. The first-order valence-corrected chi connectivity index (χ1v) is 8.93. The van der Waals surface area contributed by atoms with Crippen LogP contribution in [0, 0.1) is 0 Å². The lowest BCUT2D eigenvalue weighted by Crippen LogP contribution is -2.39. The normalized spacial score (nSPS) is 11.9. The molecule has 2 N–H and O–H groups in total. The average Bonchev–Trinajstić information content (AvgIpc) is 3.21. The summed E-state index contributed by atoms with van der Waals surface area (Å²) in [5.41, 5.74) is 1.15. The molecule has 0 aliphatic rings. The second-order valence-electron chi connectivity index (χ2n) is 5.63. The Labute approximate surface area is 142 Å². The maximum Gasteiger partial charge on any atom is 0.190 e. The lowest BCUT2D eigenvalue weighted by Gasteiger charge is -2.11. The average molecular weight is 334 g/mol. The maximum atomic E-state index is 4.64. The van der Waals surface area contributed by atoms with Crippen molar-refractivity contribution in [2.45, 2.75) is 39.2 Å². The van der Waals surface area contributed by atoms with Gasteiger partial charge in [0.15, 0.2) is 5.96 Å². The van der Waals surface area contributed by atoms with Gasteiger partial charge in [-0.2, -0.15) is 5.10 Å². The van der Waals surface area contributed by atoms with Gasteiger partial charge < -0.3 is 10.6 Å². The van der Waals surface area contributed by atoms with Gasteiger partial charge in [-0.3, -0.25) is 9.67 Å². The molecule has 2 heterocycles. The molecule has 0 radical (unpaired) electrons. The van der Waals surface area contributed by atoms with Crippen LogP contribution in [0.2, 0.25) is 0 Å². The fraction of sp³-hybridized carbons (Fsp3) is 0.562. The van der Waals surface area contributed by atoms with Crippen molar-refractivity contribution in [2.75, 3.05) is 20.1 Å². The van der Waals surface area contributed by atoms with Crippen molar-refractivity contribution < 1.29 is 0 Å². The summed E-state index contributed by atoms with van der Waals surface area (Å²) in [6.07, 6.45) is 5.70. The molecule has 0 saturated heterocycles. The molecule has 0 saturated carbocycles. The van der Waals surface area contributed by atoms with Crippen LogP contribution in [-0.4, -0.2) is 40.9 Å². The van der Waals surface area contributed by atoms with Gasteiger partial charge in [-0.25, -0.2) is 4.98 Å². The fourth-order valence-corrected chi connectivity index (χ4v) is 2.98. The molecule has 0 aliphatic heterocycles. The molecule has 7 heteroatoms. The summed E-state index contributed by atoms with van der Waals surface area (Å²) in [6, 6.07) is 1.94. The summed E-state index contributed by atoms with van der Waals surface area (Å²) >= 11 is 1.74. The third kappa shape index (κ3) is 6.02. The van der Waals surface area contributed by atoms with Crippen LogP contribution >= 0.6 is 11.3 Å². The van der Waals surface area contributed by atoms with E-state index in [4.69, 9.17) is 0 Å². The molecule has 2 aromatic rings. The topological polar surface area (TPSA) is 67.1 Å². The molecule has 0 spiro atoms. The van der Waals surface area contributed by atoms with Gasteiger partial charge in [0, 0.05) is 56.8 Å². The molecule has 0 fully saturated rings. The van der Waals surface area contributed by atoms with Crippen LogP contribution in [0.1, 0.15) is 36.9 Å². The Morgan fingerprint density at radius 1 is 1.35 bits per heavy atom. The quantitative estimate of drug-likeness (QED) is 0.441. The molecule has 2 aromatic heterocycles. The Morgan fingerprint density at radius 3 is 2.83 bits per heavy atom. The van der Waals surface area contributed by atoms with Crippen molar-refractivity contribution in [1.82, 2.24) is 25.4 Å². The van der Waals surface area contributed by atoms with Crippen LogP contribution in [0.5, 0.6) is 0 Å². The first-order chi connectivity index (χ1) is 11.2. The standard InChI is InChI=1S/C16H26N6S/c1-13(2)15-21-14(12-23-15)6-9-19-16(17-3)18-7-4-10-22-11-5-8-20-22/h5,8,11-13H,4,6-7,9-10H2,1-3H3,(H2,17,18,19). The zero-order valence-electron chi connectivity index (χ0n) is 14.1. The van der Waals surface area contributed by atoms with Crippen molar-refractivity contribution in [1.29, 1.82) is 0 Å². The largest absolute Gasteiger partial charge is 0.356 e. The van der Waals surface area contributed by atoms with E-state index < -0.39 is 0 Å². The second kappa shape index (κ2) is 9.29. The summed E-state index contributed by atoms with van der Waals surface area (Å²) < 4.78 is 1.94. The number of nitrogens with zero attached hydrogens (tertiary/aromatic N) is 4. The molecule has 0 atom stereocenters. The minimum absolute atomic E-state index is 0.505. The predicted octanol–water partition coefficient (Wildman–Crippen LogP) is 2.26. The second-order valence-corrected chi connectivity index (χ2v) is 6.52. The first-order valence-electron chi connectivity index (χ1n) is 8.05. The van der Waals surface area contributed by atoms with Crippen molar-refractivity contribution in [3.63, 3.8) is 0 Å². The number of hydrogen-bond donors (Lipinski definition) is 2. The summed E-state index contributed by atoms with van der Waals surface area (Å²) in [7, 11) is 1.79. The van der Waals surface area contributed by atoms with Gasteiger partial charge in [-0.1, -0.05) is 13.8 Å². The molecule has 6 nitrogen and oxygen atoms in total. The van der Waals surface area contributed by atoms with Crippen molar-refractivity contribution in [2.24, 2.45) is 4.99 Å². The minimum Gasteiger partial charge on any atom is -0.356 e. The number of thiazole rings is 1. The molecule has 0 aromatic carbocycles. The summed E-state index contributed by atoms with van der Waals surface area (Å²) in [5, 5.41) is 14.2. The molecule has 0 aliphatic carbocycles. The Bertz CT molecular complexity index is 587. The van der Waals surface area contributed by atoms with E-state index in [0.29, 0.717) is 5.92 Å². The van der Waals surface area contributed by atoms with Gasteiger partial charge >= 0.3 is 0 Å². The van der Waals surface area contributed by atoms with Gasteiger partial charge in [-0.15, -0.1) is 11.3 Å². The van der Waals surface area contributed by atoms with E-state index in [2.05, 4.69) is 44.9 Å². The van der Waals surface area contributed by atoms with Crippen molar-refractivity contribution in [3.05, 3.63) is 34.5 Å². The van der Waals surface area contributed by atoms with Gasteiger partial charge in [0.05, 0.1) is 10.7 Å². The van der Waals surface area contributed by atoms with Crippen LogP contribution < -0.4 is 10.6 Å².